The summed E-state index contributed by atoms with van der Waals surface area (Å²) < 4.78 is 0. The molecule has 1 aliphatic rings. The number of fused-ring (bicyclic) bond motifs is 1. The van der Waals surface area contributed by atoms with Crippen molar-refractivity contribution < 1.29 is 0 Å². The van der Waals surface area contributed by atoms with Gasteiger partial charge >= 0.3 is 0 Å². The lowest BCUT2D eigenvalue weighted by atomic mass is 10.0. The molecule has 1 aliphatic heterocycles. The number of hydrogen-bond acceptors (Lipinski definition) is 1. The molecule has 0 spiro atoms. The van der Waals surface area contributed by atoms with Crippen LogP contribution in [0.15, 0.2) is 42.5 Å². The lowest BCUT2D eigenvalue weighted by Gasteiger charge is -2.26. The monoisotopic (exact) mass is 225 g/mol. The van der Waals surface area contributed by atoms with Gasteiger partial charge in [0.1, 0.15) is 0 Å². The third-order valence-electron chi connectivity index (χ3n) is 3.72. The molecule has 0 atom stereocenters. The number of benzene rings is 2. The van der Waals surface area contributed by atoms with Gasteiger partial charge in [0.2, 0.25) is 0 Å². The summed E-state index contributed by atoms with van der Waals surface area (Å²) in [5, 5.41) is 2.78. The van der Waals surface area contributed by atoms with E-state index in [1.807, 2.05) is 0 Å². The second-order valence-electron chi connectivity index (χ2n) is 4.98. The molecule has 1 heterocycles. The van der Waals surface area contributed by atoms with Gasteiger partial charge in [-0.1, -0.05) is 48.9 Å². The summed E-state index contributed by atoms with van der Waals surface area (Å²) in [6.45, 7) is 3.65. The molecule has 2 aromatic carbocycles. The highest BCUT2D eigenvalue weighted by Gasteiger charge is 2.11. The minimum atomic E-state index is 1.11. The molecule has 88 valence electrons. The molecule has 0 saturated carbocycles. The van der Waals surface area contributed by atoms with E-state index in [4.69, 9.17) is 0 Å². The zero-order valence-corrected chi connectivity index (χ0v) is 10.2. The molecule has 3 rings (SSSR count). The Balaban J connectivity index is 1.89. The van der Waals surface area contributed by atoms with Gasteiger partial charge in [-0.05, 0) is 42.3 Å². The van der Waals surface area contributed by atoms with E-state index in [0.717, 1.165) is 6.54 Å². The molecule has 1 heteroatoms. The van der Waals surface area contributed by atoms with E-state index >= 15 is 0 Å². The molecular formula is C16H19N. The lowest BCUT2D eigenvalue weighted by Crippen LogP contribution is -2.29. The second-order valence-corrected chi connectivity index (χ2v) is 4.98. The molecule has 0 amide bonds. The first-order chi connectivity index (χ1) is 8.43. The number of nitrogens with zero attached hydrogens (tertiary/aromatic N) is 1. The van der Waals surface area contributed by atoms with Gasteiger partial charge in [-0.3, -0.25) is 4.90 Å². The SMILES string of the molecule is c1ccc2c(CN3CCCCC3)cccc2c1. The van der Waals surface area contributed by atoms with Gasteiger partial charge in [0.15, 0.2) is 0 Å². The van der Waals surface area contributed by atoms with Crippen LogP contribution in [0.1, 0.15) is 24.8 Å². The zero-order valence-electron chi connectivity index (χ0n) is 10.2. The van der Waals surface area contributed by atoms with Crippen molar-refractivity contribution in [3.8, 4) is 0 Å². The van der Waals surface area contributed by atoms with Crippen LogP contribution in [0.3, 0.4) is 0 Å². The lowest BCUT2D eigenvalue weighted by molar-refractivity contribution is 0.221. The summed E-state index contributed by atoms with van der Waals surface area (Å²) in [4.78, 5) is 2.59. The van der Waals surface area contributed by atoms with Crippen LogP contribution in [-0.2, 0) is 6.54 Å². The fourth-order valence-corrected chi connectivity index (χ4v) is 2.79. The van der Waals surface area contributed by atoms with Crippen molar-refractivity contribution in [3.63, 3.8) is 0 Å². The zero-order chi connectivity index (χ0) is 11.5. The number of hydrogen-bond donors (Lipinski definition) is 0. The summed E-state index contributed by atoms with van der Waals surface area (Å²) in [6.07, 6.45) is 4.14. The minimum absolute atomic E-state index is 1.11. The van der Waals surface area contributed by atoms with E-state index in [2.05, 4.69) is 47.4 Å². The molecule has 1 saturated heterocycles. The molecule has 0 N–H and O–H groups in total. The van der Waals surface area contributed by atoms with Crippen LogP contribution < -0.4 is 0 Å². The predicted octanol–water partition coefficient (Wildman–Crippen LogP) is 3.83. The van der Waals surface area contributed by atoms with Crippen molar-refractivity contribution in [3.05, 3.63) is 48.0 Å². The Hall–Kier alpha value is -1.34. The average molecular weight is 225 g/mol. The molecule has 0 bridgehead atoms. The molecular weight excluding hydrogens is 206 g/mol. The topological polar surface area (TPSA) is 3.24 Å². The van der Waals surface area contributed by atoms with E-state index < -0.39 is 0 Å². The molecule has 0 unspecified atom stereocenters. The molecule has 17 heavy (non-hydrogen) atoms. The van der Waals surface area contributed by atoms with Gasteiger partial charge in [0.25, 0.3) is 0 Å². The van der Waals surface area contributed by atoms with Crippen molar-refractivity contribution in [2.45, 2.75) is 25.8 Å². The van der Waals surface area contributed by atoms with E-state index in [9.17, 15) is 0 Å². The van der Waals surface area contributed by atoms with Crippen molar-refractivity contribution >= 4 is 10.8 Å². The molecule has 0 radical (unpaired) electrons. The largest absolute Gasteiger partial charge is 0.299 e. The van der Waals surface area contributed by atoms with Crippen LogP contribution in [0.5, 0.6) is 0 Å². The Bertz CT molecular complexity index is 492. The van der Waals surface area contributed by atoms with Crippen molar-refractivity contribution in [2.75, 3.05) is 13.1 Å². The Morgan fingerprint density at radius 1 is 0.824 bits per heavy atom. The quantitative estimate of drug-likeness (QED) is 0.751. The number of piperidine rings is 1. The molecule has 2 aromatic rings. The van der Waals surface area contributed by atoms with Crippen LogP contribution in [0.4, 0.5) is 0 Å². The Morgan fingerprint density at radius 2 is 1.59 bits per heavy atom. The van der Waals surface area contributed by atoms with Crippen LogP contribution in [0.2, 0.25) is 0 Å². The third-order valence-corrected chi connectivity index (χ3v) is 3.72. The maximum atomic E-state index is 2.59. The first kappa shape index (κ1) is 10.8. The van der Waals surface area contributed by atoms with Gasteiger partial charge in [-0.25, -0.2) is 0 Å². The maximum Gasteiger partial charge on any atom is 0.0239 e. The third kappa shape index (κ3) is 2.34. The van der Waals surface area contributed by atoms with Crippen LogP contribution in [0.25, 0.3) is 10.8 Å². The maximum absolute atomic E-state index is 2.59. The van der Waals surface area contributed by atoms with Gasteiger partial charge in [-0.2, -0.15) is 0 Å². The van der Waals surface area contributed by atoms with Crippen LogP contribution in [-0.4, -0.2) is 18.0 Å². The number of likely N-dealkylation sites (tertiary alicyclic amines) is 1. The summed E-state index contributed by atoms with van der Waals surface area (Å²) in [5.41, 5.74) is 1.48. The average Bonchev–Trinajstić information content (AvgIpc) is 2.40. The Kier molecular flexibility index (Phi) is 3.10. The highest BCUT2D eigenvalue weighted by molar-refractivity contribution is 5.85. The van der Waals surface area contributed by atoms with Crippen molar-refractivity contribution in [1.82, 2.24) is 4.90 Å². The Labute approximate surface area is 103 Å². The normalized spacial score (nSPS) is 17.4. The van der Waals surface area contributed by atoms with Gasteiger partial charge in [0.05, 0.1) is 0 Å². The van der Waals surface area contributed by atoms with Gasteiger partial charge in [-0.15, -0.1) is 0 Å². The van der Waals surface area contributed by atoms with Gasteiger partial charge < -0.3 is 0 Å². The van der Waals surface area contributed by atoms with E-state index in [-0.39, 0.29) is 0 Å². The highest BCUT2D eigenvalue weighted by Crippen LogP contribution is 2.21. The molecule has 0 aromatic heterocycles. The highest BCUT2D eigenvalue weighted by atomic mass is 15.1. The minimum Gasteiger partial charge on any atom is -0.299 e. The summed E-state index contributed by atoms with van der Waals surface area (Å²) in [5.74, 6) is 0. The number of rotatable bonds is 2. The summed E-state index contributed by atoms with van der Waals surface area (Å²) >= 11 is 0. The van der Waals surface area contributed by atoms with E-state index in [1.54, 1.807) is 0 Å². The first-order valence-corrected chi connectivity index (χ1v) is 6.62. The Morgan fingerprint density at radius 3 is 2.47 bits per heavy atom. The van der Waals surface area contributed by atoms with Gasteiger partial charge in [0, 0.05) is 6.54 Å². The fourth-order valence-electron chi connectivity index (χ4n) is 2.79. The van der Waals surface area contributed by atoms with E-state index in [0.29, 0.717) is 0 Å². The van der Waals surface area contributed by atoms with Crippen LogP contribution in [0, 0.1) is 0 Å². The smallest absolute Gasteiger partial charge is 0.0239 e. The van der Waals surface area contributed by atoms with Crippen molar-refractivity contribution in [1.29, 1.82) is 0 Å². The fraction of sp³-hybridized carbons (Fsp3) is 0.375. The standard InChI is InChI=1S/C16H19N/c1-4-11-17(12-5-1)13-15-9-6-8-14-7-2-3-10-16(14)15/h2-3,6-10H,1,4-5,11-13H2. The predicted molar refractivity (Wildman–Crippen MR) is 73.1 cm³/mol. The summed E-state index contributed by atoms with van der Waals surface area (Å²) in [7, 11) is 0. The van der Waals surface area contributed by atoms with E-state index in [1.165, 1.54) is 48.7 Å². The first-order valence-electron chi connectivity index (χ1n) is 6.62. The molecule has 1 fully saturated rings. The molecule has 1 nitrogen and oxygen atoms in total. The summed E-state index contributed by atoms with van der Waals surface area (Å²) in [6, 6.07) is 15.4. The molecule has 0 aliphatic carbocycles. The second kappa shape index (κ2) is 4.89. The van der Waals surface area contributed by atoms with Crippen molar-refractivity contribution in [2.24, 2.45) is 0 Å². The van der Waals surface area contributed by atoms with Crippen LogP contribution >= 0.6 is 0 Å².